The molecule has 0 radical (unpaired) electrons. The number of ether oxygens (including phenoxy) is 2. The second kappa shape index (κ2) is 12.5. The van der Waals surface area contributed by atoms with E-state index in [4.69, 9.17) is 18.5 Å². The fourth-order valence-corrected chi connectivity index (χ4v) is 6.23. The Balaban J connectivity index is 1.60. The van der Waals surface area contributed by atoms with Crippen LogP contribution in [0, 0.1) is 30.1 Å². The molecule has 1 aromatic carbocycles. The number of aliphatic hydroxyl groups excluding tert-OH is 1. The highest BCUT2D eigenvalue weighted by atomic mass is 31.2. The van der Waals surface area contributed by atoms with Gasteiger partial charge in [0.05, 0.1) is 36.0 Å². The molecule has 0 saturated carbocycles. The van der Waals surface area contributed by atoms with Gasteiger partial charge in [-0.05, 0) is 51.0 Å². The van der Waals surface area contributed by atoms with Crippen LogP contribution in [0.5, 0.6) is 5.75 Å². The SMILES string of the molecule is CCOC(=O)[C@@H](CNP(=O)(OC[C@H]1O[C@@](C#N)(c2ccc3c(C)ncnn23)[C@](C)(F)[C@@H]1O)Oc1ccccc1)C(C)C. The molecule has 4 rings (SSSR count). The molecule has 1 aliphatic rings. The highest BCUT2D eigenvalue weighted by Crippen LogP contribution is 2.51. The van der Waals surface area contributed by atoms with Gasteiger partial charge < -0.3 is 19.1 Å². The lowest BCUT2D eigenvalue weighted by atomic mass is 9.82. The van der Waals surface area contributed by atoms with Crippen molar-refractivity contribution in [3.8, 4) is 11.8 Å². The molecule has 14 heteroatoms. The van der Waals surface area contributed by atoms with Crippen LogP contribution >= 0.6 is 7.75 Å². The number of hydrogen-bond donors (Lipinski definition) is 2. The standard InChI is InChI=1S/C28H35FN5O7P/c1-6-38-26(36)21(18(2)3)14-33-42(37,41-20-10-8-7-9-11-20)39-15-23-25(35)27(5,29)28(16-30,40-23)24-13-12-22-19(4)31-17-32-34(22)24/h7-13,17-18,21,23,25,35H,6,14-15H2,1-5H3,(H,33,37)/t21-,23+,25+,27+,28-,42?/m0/s1. The molecule has 6 atom stereocenters. The summed E-state index contributed by atoms with van der Waals surface area (Å²) in [5.74, 6) is -1.13. The van der Waals surface area contributed by atoms with E-state index in [9.17, 15) is 19.7 Å². The van der Waals surface area contributed by atoms with Crippen molar-refractivity contribution in [1.82, 2.24) is 19.7 Å². The third kappa shape index (κ3) is 5.91. The van der Waals surface area contributed by atoms with Gasteiger partial charge in [-0.25, -0.2) is 23.5 Å². The Labute approximate surface area is 243 Å². The first-order valence-corrected chi connectivity index (χ1v) is 15.1. The lowest BCUT2D eigenvalue weighted by molar-refractivity contribution is -0.149. The first-order valence-electron chi connectivity index (χ1n) is 13.6. The van der Waals surface area contributed by atoms with E-state index < -0.39 is 49.7 Å². The topological polar surface area (TPSA) is 157 Å². The van der Waals surface area contributed by atoms with Gasteiger partial charge in [0.25, 0.3) is 0 Å². The van der Waals surface area contributed by atoms with Crippen LogP contribution in [-0.2, 0) is 29.0 Å². The first kappa shape index (κ1) is 31.5. The Morgan fingerprint density at radius 1 is 1.31 bits per heavy atom. The Kier molecular flexibility index (Phi) is 9.35. The van der Waals surface area contributed by atoms with Crippen molar-refractivity contribution in [2.75, 3.05) is 19.8 Å². The van der Waals surface area contributed by atoms with Crippen molar-refractivity contribution in [3.63, 3.8) is 0 Å². The number of aliphatic hydroxyl groups is 1. The number of carbonyl (C=O) groups excluding carboxylic acids is 1. The molecule has 12 nitrogen and oxygen atoms in total. The number of aryl methyl sites for hydroxylation is 1. The fraction of sp³-hybridized carbons (Fsp3) is 0.500. The number of aromatic nitrogens is 3. The molecule has 3 heterocycles. The normalized spacial score (nSPS) is 26.1. The number of rotatable bonds is 12. The number of hydrogen-bond acceptors (Lipinski definition) is 10. The zero-order valence-corrected chi connectivity index (χ0v) is 25.0. The average molecular weight is 604 g/mol. The molecule has 0 bridgehead atoms. The summed E-state index contributed by atoms with van der Waals surface area (Å²) in [7, 11) is -4.25. The average Bonchev–Trinajstić information content (AvgIpc) is 3.46. The highest BCUT2D eigenvalue weighted by Gasteiger charge is 2.67. The van der Waals surface area contributed by atoms with Gasteiger partial charge in [0.2, 0.25) is 5.60 Å². The smallest absolute Gasteiger partial charge is 0.458 e. The number of nitriles is 1. The molecule has 1 fully saturated rings. The van der Waals surface area contributed by atoms with Gasteiger partial charge in [0.1, 0.15) is 30.4 Å². The van der Waals surface area contributed by atoms with Crippen molar-refractivity contribution in [3.05, 3.63) is 60.2 Å². The van der Waals surface area contributed by atoms with Crippen molar-refractivity contribution >= 4 is 19.2 Å². The molecule has 2 N–H and O–H groups in total. The molecule has 1 unspecified atom stereocenters. The third-order valence-corrected chi connectivity index (χ3v) is 8.87. The molecule has 226 valence electrons. The summed E-state index contributed by atoms with van der Waals surface area (Å²) in [6, 6.07) is 13.2. The van der Waals surface area contributed by atoms with Crippen LogP contribution in [0.1, 0.15) is 39.1 Å². The van der Waals surface area contributed by atoms with Gasteiger partial charge in [0.15, 0.2) is 5.67 Å². The minimum Gasteiger partial charge on any atom is -0.466 e. The minimum atomic E-state index is -4.25. The quantitative estimate of drug-likeness (QED) is 0.229. The molecule has 42 heavy (non-hydrogen) atoms. The maximum atomic E-state index is 16.4. The number of alkyl halides is 1. The van der Waals surface area contributed by atoms with E-state index in [1.165, 1.54) is 16.9 Å². The summed E-state index contributed by atoms with van der Waals surface area (Å²) < 4.78 is 54.1. The van der Waals surface area contributed by atoms with E-state index in [-0.39, 0.29) is 30.5 Å². The predicted octanol–water partition coefficient (Wildman–Crippen LogP) is 3.87. The molecule has 2 aromatic heterocycles. The monoisotopic (exact) mass is 603 g/mol. The van der Waals surface area contributed by atoms with Crippen LogP contribution in [0.2, 0.25) is 0 Å². The van der Waals surface area contributed by atoms with E-state index in [0.29, 0.717) is 11.2 Å². The summed E-state index contributed by atoms with van der Waals surface area (Å²) >= 11 is 0. The van der Waals surface area contributed by atoms with Crippen LogP contribution in [0.3, 0.4) is 0 Å². The van der Waals surface area contributed by atoms with Crippen LogP contribution in [0.25, 0.3) is 5.52 Å². The zero-order chi connectivity index (χ0) is 30.7. The summed E-state index contributed by atoms with van der Waals surface area (Å²) in [5.41, 5.74) is -3.75. The largest absolute Gasteiger partial charge is 0.466 e. The number of nitrogens with zero attached hydrogens (tertiary/aromatic N) is 4. The van der Waals surface area contributed by atoms with Crippen molar-refractivity contribution in [1.29, 1.82) is 5.26 Å². The summed E-state index contributed by atoms with van der Waals surface area (Å²) in [5, 5.41) is 28.1. The minimum absolute atomic E-state index is 0.0492. The Morgan fingerprint density at radius 2 is 2.02 bits per heavy atom. The molecular formula is C28H35FN5O7P. The maximum absolute atomic E-state index is 16.4. The van der Waals surface area contributed by atoms with Gasteiger partial charge in [-0.15, -0.1) is 0 Å². The molecule has 3 aromatic rings. The van der Waals surface area contributed by atoms with E-state index >= 15 is 4.39 Å². The molecule has 1 aliphatic heterocycles. The van der Waals surface area contributed by atoms with E-state index in [1.54, 1.807) is 50.2 Å². The number of halogens is 1. The van der Waals surface area contributed by atoms with Gasteiger partial charge in [0, 0.05) is 6.54 Å². The number of carbonyl (C=O) groups is 1. The summed E-state index contributed by atoms with van der Waals surface area (Å²) in [6.07, 6.45) is -2.03. The Morgan fingerprint density at radius 3 is 2.67 bits per heavy atom. The number of benzene rings is 1. The zero-order valence-electron chi connectivity index (χ0n) is 24.1. The summed E-state index contributed by atoms with van der Waals surface area (Å²) in [4.78, 5) is 16.6. The van der Waals surface area contributed by atoms with Gasteiger partial charge >= 0.3 is 13.7 Å². The highest BCUT2D eigenvalue weighted by molar-refractivity contribution is 7.52. The van der Waals surface area contributed by atoms with Crippen molar-refractivity contribution < 1.29 is 37.4 Å². The molecule has 0 aliphatic carbocycles. The van der Waals surface area contributed by atoms with Gasteiger partial charge in [-0.1, -0.05) is 32.0 Å². The number of esters is 1. The number of para-hydroxylation sites is 1. The number of nitrogens with one attached hydrogen (secondary N) is 1. The van der Waals surface area contributed by atoms with Crippen LogP contribution in [0.15, 0.2) is 48.8 Å². The lowest BCUT2D eigenvalue weighted by Crippen LogP contribution is -2.48. The Bertz CT molecular complexity index is 1490. The van der Waals surface area contributed by atoms with E-state index in [2.05, 4.69) is 15.2 Å². The fourth-order valence-electron chi connectivity index (χ4n) is 4.86. The van der Waals surface area contributed by atoms with Gasteiger partial charge in [-0.2, -0.15) is 10.4 Å². The second-order valence-electron chi connectivity index (χ2n) is 10.5. The van der Waals surface area contributed by atoms with Crippen LogP contribution in [-0.4, -0.2) is 63.3 Å². The maximum Gasteiger partial charge on any atom is 0.458 e. The van der Waals surface area contributed by atoms with Crippen LogP contribution in [0.4, 0.5) is 4.39 Å². The van der Waals surface area contributed by atoms with Crippen molar-refractivity contribution in [2.45, 2.75) is 58.1 Å². The second-order valence-corrected chi connectivity index (χ2v) is 12.2. The molecule has 1 saturated heterocycles. The predicted molar refractivity (Wildman–Crippen MR) is 149 cm³/mol. The third-order valence-electron chi connectivity index (χ3n) is 7.36. The van der Waals surface area contributed by atoms with Gasteiger partial charge in [-0.3, -0.25) is 9.32 Å². The molecule has 0 amide bonds. The van der Waals surface area contributed by atoms with E-state index in [0.717, 1.165) is 6.92 Å². The van der Waals surface area contributed by atoms with E-state index in [1.807, 2.05) is 19.9 Å². The van der Waals surface area contributed by atoms with Crippen LogP contribution < -0.4 is 9.61 Å². The molecular weight excluding hydrogens is 568 g/mol. The molecule has 0 spiro atoms. The summed E-state index contributed by atoms with van der Waals surface area (Å²) in [6.45, 7) is 7.55. The number of fused-ring (bicyclic) bond motifs is 1. The first-order chi connectivity index (χ1) is 19.9. The Hall–Kier alpha value is -3.40. The lowest BCUT2D eigenvalue weighted by Gasteiger charge is -2.30. The van der Waals surface area contributed by atoms with Crippen molar-refractivity contribution in [2.24, 2.45) is 11.8 Å².